The second kappa shape index (κ2) is 15.7. The number of hydrogen-bond donors (Lipinski definition) is 3. The van der Waals surface area contributed by atoms with Gasteiger partial charge < -0.3 is 25.8 Å². The molecule has 216 valence electrons. The molecule has 0 aliphatic rings. The molecule has 0 saturated carbocycles. The first-order chi connectivity index (χ1) is 20.8. The first-order valence-corrected chi connectivity index (χ1v) is 14.9. The van der Waals surface area contributed by atoms with Crippen LogP contribution in [-0.2, 0) is 19.5 Å². The van der Waals surface area contributed by atoms with Gasteiger partial charge in [-0.3, -0.25) is 5.04 Å². The van der Waals surface area contributed by atoms with Gasteiger partial charge in [0.1, 0.15) is 21.8 Å². The van der Waals surface area contributed by atoms with Crippen LogP contribution in [0.4, 0.5) is 34.6 Å². The van der Waals surface area contributed by atoms with Gasteiger partial charge in [-0.1, -0.05) is 42.5 Å². The van der Waals surface area contributed by atoms with Crippen LogP contribution < -0.4 is 80.3 Å². The summed E-state index contributed by atoms with van der Waals surface area (Å²) in [6.45, 7) is 0. The molecule has 3 N–H and O–H groups in total. The molecular weight excluding hydrogens is 636 g/mol. The van der Waals surface area contributed by atoms with Crippen LogP contribution in [0.5, 0.6) is 0 Å². The number of para-hydroxylation sites is 1. The van der Waals surface area contributed by atoms with E-state index < -0.39 is 10.1 Å². The Morgan fingerprint density at radius 1 is 0.622 bits per heavy atom. The van der Waals surface area contributed by atoms with Crippen LogP contribution in [0.3, 0.4) is 0 Å². The molecule has 6 aromatic rings. The maximum atomic E-state index is 11.4. The van der Waals surface area contributed by atoms with Crippen LogP contribution in [0.1, 0.15) is 0 Å². The van der Waals surface area contributed by atoms with Crippen LogP contribution in [-0.4, -0.2) is 22.9 Å². The average Bonchev–Trinajstić information content (AvgIpc) is 2.99. The van der Waals surface area contributed by atoms with Gasteiger partial charge in [0.2, 0.25) is 5.95 Å². The summed E-state index contributed by atoms with van der Waals surface area (Å²) < 4.78 is 38.6. The molecule has 0 aliphatic carbocycles. The van der Waals surface area contributed by atoms with Crippen molar-refractivity contribution in [3.8, 4) is 0 Å². The van der Waals surface area contributed by atoms with Crippen molar-refractivity contribution in [2.24, 2.45) is 0 Å². The minimum Gasteiger partial charge on any atom is -0.744 e. The quantitative estimate of drug-likeness (QED) is 0.0603. The maximum absolute atomic E-state index is 11.4. The number of benzene rings is 5. The molecule has 0 amide bonds. The molecule has 15 heteroatoms. The fraction of sp³-hybridized carbons (Fsp3) is 0. The summed E-state index contributed by atoms with van der Waals surface area (Å²) in [7, 11) is -4.55. The first-order valence-electron chi connectivity index (χ1n) is 12.7. The minimum atomic E-state index is -4.55. The summed E-state index contributed by atoms with van der Waals surface area (Å²) in [5.41, 5.74) is 2.30. The molecule has 45 heavy (non-hydrogen) atoms. The van der Waals surface area contributed by atoms with Gasteiger partial charge in [-0.15, -0.1) is 0 Å². The average molecular weight is 658 g/mol. The Labute approximate surface area is 307 Å². The van der Waals surface area contributed by atoms with Crippen molar-refractivity contribution >= 4 is 78.4 Å². The molecule has 0 fully saturated rings. The van der Waals surface area contributed by atoms with Crippen molar-refractivity contribution in [3.05, 3.63) is 109 Å². The van der Waals surface area contributed by atoms with Gasteiger partial charge in [0.15, 0.2) is 0 Å². The Hall–Kier alpha value is -2.76. The number of anilines is 6. The molecule has 6 rings (SSSR count). The number of nitrogens with zero attached hydrogens (tertiary/aromatic N) is 2. The standard InChI is InChI=1S/C30H23N5O6S2.2Na/c36-40-41-42-26-12-8-19-15-25(11-6-21(19)16-26)33-30-34-28(31-23-4-2-1-3-5-23)18-29(35-30)32-24-10-7-22-17-27(43(37,38)39)13-9-20(22)14-24;;/h1-18,36H,(H,37,38,39)(H3,31,32,33,34,35);;/q;2*+1/p-2. The molecule has 1 aromatic heterocycles. The number of hydrogen-bond acceptors (Lipinski definition) is 12. The van der Waals surface area contributed by atoms with Gasteiger partial charge in [0, 0.05) is 28.0 Å². The zero-order valence-electron chi connectivity index (χ0n) is 24.1. The fourth-order valence-corrected chi connectivity index (χ4v) is 5.35. The van der Waals surface area contributed by atoms with E-state index in [9.17, 15) is 18.2 Å². The van der Waals surface area contributed by atoms with E-state index in [1.54, 1.807) is 24.3 Å². The molecule has 1 heterocycles. The van der Waals surface area contributed by atoms with Crippen LogP contribution in [0, 0.1) is 0 Å². The topological polar surface area (TPSA) is 161 Å². The van der Waals surface area contributed by atoms with Crippen molar-refractivity contribution in [1.29, 1.82) is 0 Å². The summed E-state index contributed by atoms with van der Waals surface area (Å²) in [6, 6.07) is 32.3. The van der Waals surface area contributed by atoms with Crippen molar-refractivity contribution in [2.45, 2.75) is 9.79 Å². The maximum Gasteiger partial charge on any atom is 1.00 e. The Balaban J connectivity index is 0.00000230. The van der Waals surface area contributed by atoms with E-state index >= 15 is 0 Å². The van der Waals surface area contributed by atoms with Crippen molar-refractivity contribution in [2.75, 3.05) is 16.0 Å². The predicted molar refractivity (Wildman–Crippen MR) is 162 cm³/mol. The van der Waals surface area contributed by atoms with Crippen molar-refractivity contribution < 1.29 is 86.7 Å². The summed E-state index contributed by atoms with van der Waals surface area (Å²) in [6.07, 6.45) is 0. The third-order valence-electron chi connectivity index (χ3n) is 6.37. The monoisotopic (exact) mass is 657 g/mol. The number of fused-ring (bicyclic) bond motifs is 2. The van der Waals surface area contributed by atoms with Gasteiger partial charge in [0.05, 0.1) is 16.9 Å². The van der Waals surface area contributed by atoms with Crippen LogP contribution >= 0.6 is 12.0 Å². The largest absolute Gasteiger partial charge is 1.00 e. The molecule has 0 atom stereocenters. The molecule has 0 radical (unpaired) electrons. The molecule has 0 aliphatic heterocycles. The summed E-state index contributed by atoms with van der Waals surface area (Å²) >= 11 is 0.828. The smallest absolute Gasteiger partial charge is 0.744 e. The second-order valence-electron chi connectivity index (χ2n) is 9.32. The molecule has 0 bridgehead atoms. The predicted octanol–water partition coefficient (Wildman–Crippen LogP) is 0.157. The van der Waals surface area contributed by atoms with Crippen LogP contribution in [0.25, 0.3) is 21.5 Å². The van der Waals surface area contributed by atoms with Gasteiger partial charge in [0.25, 0.3) is 0 Å². The van der Waals surface area contributed by atoms with E-state index in [1.807, 2.05) is 72.8 Å². The van der Waals surface area contributed by atoms with Gasteiger partial charge >= 0.3 is 59.1 Å². The second-order valence-corrected chi connectivity index (χ2v) is 11.5. The number of aromatic nitrogens is 2. The molecular formula is C30H21N5Na2O6S2. The molecule has 0 saturated heterocycles. The Bertz CT molecular complexity index is 2060. The summed E-state index contributed by atoms with van der Waals surface area (Å²) in [5, 5.41) is 26.6. The number of rotatable bonds is 10. The molecule has 0 unspecified atom stereocenters. The van der Waals surface area contributed by atoms with Gasteiger partial charge in [-0.05, 0) is 82.2 Å². The van der Waals surface area contributed by atoms with E-state index in [4.69, 9.17) is 0 Å². The zero-order valence-corrected chi connectivity index (χ0v) is 29.7. The minimum absolute atomic E-state index is 0. The van der Waals surface area contributed by atoms with E-state index in [0.29, 0.717) is 33.6 Å². The van der Waals surface area contributed by atoms with Crippen LogP contribution in [0.2, 0.25) is 0 Å². The van der Waals surface area contributed by atoms with E-state index in [0.717, 1.165) is 39.6 Å². The van der Waals surface area contributed by atoms with E-state index in [1.165, 1.54) is 12.1 Å². The number of nitrogens with one attached hydrogen (secondary N) is 3. The Morgan fingerprint density at radius 2 is 1.18 bits per heavy atom. The zero-order chi connectivity index (χ0) is 29.8. The third-order valence-corrected chi connectivity index (χ3v) is 7.77. The molecule has 0 spiro atoms. The molecule has 5 aromatic carbocycles. The van der Waals surface area contributed by atoms with Crippen molar-refractivity contribution in [1.82, 2.24) is 9.97 Å². The van der Waals surface area contributed by atoms with Crippen molar-refractivity contribution in [3.63, 3.8) is 0 Å². The van der Waals surface area contributed by atoms with E-state index in [-0.39, 0.29) is 64.0 Å². The van der Waals surface area contributed by atoms with Gasteiger partial charge in [-0.2, -0.15) is 14.3 Å². The summed E-state index contributed by atoms with van der Waals surface area (Å²) in [4.78, 5) is 9.75. The first kappa shape index (κ1) is 35.1. The fourth-order valence-electron chi connectivity index (χ4n) is 4.44. The molecule has 11 nitrogen and oxygen atoms in total. The summed E-state index contributed by atoms with van der Waals surface area (Å²) in [5.74, 6) is 1.37. The SMILES string of the molecule is O=S(=O)([O-])c1ccc2cc(Nc3cc(Nc4ccccc4)nc(Nc4ccc5cc(SOO[O-])ccc5c4)n3)ccc2c1.[Na+].[Na+]. The third kappa shape index (κ3) is 9.16. The van der Waals surface area contributed by atoms with Gasteiger partial charge in [-0.25, -0.2) is 8.42 Å². The normalized spacial score (nSPS) is 11.0. The Morgan fingerprint density at radius 3 is 1.82 bits per heavy atom. The Kier molecular flexibility index (Phi) is 12.2. The van der Waals surface area contributed by atoms with Crippen LogP contribution in [0.15, 0.2) is 119 Å². The van der Waals surface area contributed by atoms with E-state index in [2.05, 4.69) is 35.3 Å².